The predicted molar refractivity (Wildman–Crippen MR) is 75.3 cm³/mol. The van der Waals surface area contributed by atoms with Crippen molar-refractivity contribution in [2.45, 2.75) is 6.54 Å². The SMILES string of the molecule is CN(Cc1ccccc1)C(=O)c1cc([N+](=O)[O-])ccc1F. The number of halogens is 1. The molecule has 0 aliphatic carbocycles. The van der Waals surface area contributed by atoms with Gasteiger partial charge in [-0.05, 0) is 11.6 Å². The Bertz CT molecular complexity index is 674. The molecule has 0 saturated carbocycles. The fourth-order valence-corrected chi connectivity index (χ4v) is 1.93. The van der Waals surface area contributed by atoms with E-state index in [4.69, 9.17) is 0 Å². The van der Waals surface area contributed by atoms with E-state index in [1.165, 1.54) is 11.9 Å². The van der Waals surface area contributed by atoms with E-state index in [1.807, 2.05) is 30.3 Å². The second-order valence-electron chi connectivity index (χ2n) is 4.57. The van der Waals surface area contributed by atoms with Crippen molar-refractivity contribution in [3.05, 3.63) is 75.6 Å². The summed E-state index contributed by atoms with van der Waals surface area (Å²) in [5.41, 5.74) is 0.273. The number of carbonyl (C=O) groups is 1. The van der Waals surface area contributed by atoms with Crippen molar-refractivity contribution >= 4 is 11.6 Å². The Kier molecular flexibility index (Phi) is 4.27. The Labute approximate surface area is 120 Å². The molecule has 2 aromatic carbocycles. The van der Waals surface area contributed by atoms with Gasteiger partial charge in [0.05, 0.1) is 10.5 Å². The van der Waals surface area contributed by atoms with Crippen LogP contribution in [0.5, 0.6) is 0 Å². The van der Waals surface area contributed by atoms with E-state index in [0.29, 0.717) is 6.54 Å². The van der Waals surface area contributed by atoms with Crippen molar-refractivity contribution in [2.75, 3.05) is 7.05 Å². The first-order chi connectivity index (χ1) is 9.99. The van der Waals surface area contributed by atoms with Crippen LogP contribution in [0.3, 0.4) is 0 Å². The van der Waals surface area contributed by atoms with Crippen LogP contribution in [0, 0.1) is 15.9 Å². The largest absolute Gasteiger partial charge is 0.337 e. The Balaban J connectivity index is 2.23. The fourth-order valence-electron chi connectivity index (χ4n) is 1.93. The summed E-state index contributed by atoms with van der Waals surface area (Å²) in [5, 5.41) is 10.7. The van der Waals surface area contributed by atoms with Gasteiger partial charge in [0.1, 0.15) is 5.82 Å². The summed E-state index contributed by atoms with van der Waals surface area (Å²) in [7, 11) is 1.52. The number of nitrogens with zero attached hydrogens (tertiary/aromatic N) is 2. The van der Waals surface area contributed by atoms with Gasteiger partial charge in [0.2, 0.25) is 0 Å². The summed E-state index contributed by atoms with van der Waals surface area (Å²) in [5.74, 6) is -1.37. The lowest BCUT2D eigenvalue weighted by Crippen LogP contribution is -2.27. The molecule has 6 heteroatoms. The number of nitro groups is 1. The van der Waals surface area contributed by atoms with Gasteiger partial charge < -0.3 is 4.90 Å². The number of hydrogen-bond donors (Lipinski definition) is 0. The number of non-ortho nitro benzene ring substituents is 1. The summed E-state index contributed by atoms with van der Waals surface area (Å²) in [4.78, 5) is 23.6. The van der Waals surface area contributed by atoms with Crippen LogP contribution in [0.25, 0.3) is 0 Å². The van der Waals surface area contributed by atoms with Gasteiger partial charge in [-0.25, -0.2) is 4.39 Å². The number of benzene rings is 2. The van der Waals surface area contributed by atoms with Crippen molar-refractivity contribution in [2.24, 2.45) is 0 Å². The van der Waals surface area contributed by atoms with Gasteiger partial charge in [-0.2, -0.15) is 0 Å². The molecule has 0 radical (unpaired) electrons. The third-order valence-electron chi connectivity index (χ3n) is 3.00. The van der Waals surface area contributed by atoms with Crippen LogP contribution in [0.15, 0.2) is 48.5 Å². The van der Waals surface area contributed by atoms with Gasteiger partial charge in [0.25, 0.3) is 11.6 Å². The van der Waals surface area contributed by atoms with Gasteiger partial charge in [-0.3, -0.25) is 14.9 Å². The molecule has 0 aliphatic rings. The average molecular weight is 288 g/mol. The molecule has 0 spiro atoms. The first-order valence-electron chi connectivity index (χ1n) is 6.22. The summed E-state index contributed by atoms with van der Waals surface area (Å²) >= 11 is 0. The highest BCUT2D eigenvalue weighted by Crippen LogP contribution is 2.18. The van der Waals surface area contributed by atoms with E-state index >= 15 is 0 Å². The third-order valence-corrected chi connectivity index (χ3v) is 3.00. The topological polar surface area (TPSA) is 63.5 Å². The number of hydrogen-bond acceptors (Lipinski definition) is 3. The van der Waals surface area contributed by atoms with Gasteiger partial charge in [0, 0.05) is 25.7 Å². The molecule has 108 valence electrons. The van der Waals surface area contributed by atoms with Crippen molar-refractivity contribution < 1.29 is 14.1 Å². The monoisotopic (exact) mass is 288 g/mol. The molecule has 0 N–H and O–H groups in total. The normalized spacial score (nSPS) is 10.2. The number of carbonyl (C=O) groups excluding carboxylic acids is 1. The Hall–Kier alpha value is -2.76. The minimum absolute atomic E-state index is 0.293. The van der Waals surface area contributed by atoms with Crippen LogP contribution >= 0.6 is 0 Å². The number of nitro benzene ring substituents is 1. The number of rotatable bonds is 4. The minimum Gasteiger partial charge on any atom is -0.337 e. The fraction of sp³-hybridized carbons (Fsp3) is 0.133. The smallest absolute Gasteiger partial charge is 0.270 e. The van der Waals surface area contributed by atoms with Crippen molar-refractivity contribution in [1.82, 2.24) is 4.90 Å². The van der Waals surface area contributed by atoms with E-state index < -0.39 is 16.6 Å². The lowest BCUT2D eigenvalue weighted by Gasteiger charge is -2.17. The maximum atomic E-state index is 13.7. The molecule has 0 unspecified atom stereocenters. The summed E-state index contributed by atoms with van der Waals surface area (Å²) in [6, 6.07) is 12.1. The van der Waals surface area contributed by atoms with Crippen LogP contribution in [0.2, 0.25) is 0 Å². The van der Waals surface area contributed by atoms with Crippen LogP contribution in [-0.4, -0.2) is 22.8 Å². The highest BCUT2D eigenvalue weighted by atomic mass is 19.1. The van der Waals surface area contributed by atoms with Gasteiger partial charge in [-0.15, -0.1) is 0 Å². The molecule has 0 bridgehead atoms. The lowest BCUT2D eigenvalue weighted by atomic mass is 10.1. The minimum atomic E-state index is -0.773. The van der Waals surface area contributed by atoms with Crippen molar-refractivity contribution in [3.8, 4) is 0 Å². The van der Waals surface area contributed by atoms with Crippen molar-refractivity contribution in [1.29, 1.82) is 0 Å². The molecule has 0 saturated heterocycles. The molecular formula is C15H13FN2O3. The zero-order valence-corrected chi connectivity index (χ0v) is 11.3. The molecule has 0 aromatic heterocycles. The van der Waals surface area contributed by atoms with Crippen molar-refractivity contribution in [3.63, 3.8) is 0 Å². The maximum absolute atomic E-state index is 13.7. The predicted octanol–water partition coefficient (Wildman–Crippen LogP) is 3.01. The molecule has 5 nitrogen and oxygen atoms in total. The first kappa shape index (κ1) is 14.6. The second-order valence-corrected chi connectivity index (χ2v) is 4.57. The Morgan fingerprint density at radius 2 is 1.90 bits per heavy atom. The van der Waals surface area contributed by atoms with E-state index in [9.17, 15) is 19.3 Å². The summed E-state index contributed by atoms with van der Waals surface area (Å²) in [6.45, 7) is 0.293. The molecule has 2 aromatic rings. The van der Waals surface area contributed by atoms with Crippen LogP contribution in [-0.2, 0) is 6.54 Å². The van der Waals surface area contributed by atoms with Crippen LogP contribution < -0.4 is 0 Å². The molecule has 0 atom stereocenters. The van der Waals surface area contributed by atoms with Crippen LogP contribution in [0.4, 0.5) is 10.1 Å². The Morgan fingerprint density at radius 3 is 2.52 bits per heavy atom. The lowest BCUT2D eigenvalue weighted by molar-refractivity contribution is -0.384. The van der Waals surface area contributed by atoms with Crippen LogP contribution in [0.1, 0.15) is 15.9 Å². The zero-order chi connectivity index (χ0) is 15.4. The van der Waals surface area contributed by atoms with Gasteiger partial charge >= 0.3 is 0 Å². The second kappa shape index (κ2) is 6.13. The average Bonchev–Trinajstić information content (AvgIpc) is 2.47. The van der Waals surface area contributed by atoms with E-state index in [-0.39, 0.29) is 11.3 Å². The molecule has 0 aliphatic heterocycles. The maximum Gasteiger partial charge on any atom is 0.270 e. The first-order valence-corrected chi connectivity index (χ1v) is 6.22. The summed E-state index contributed by atoms with van der Waals surface area (Å²) < 4.78 is 13.7. The molecule has 0 fully saturated rings. The molecule has 21 heavy (non-hydrogen) atoms. The molecule has 0 heterocycles. The summed E-state index contributed by atoms with van der Waals surface area (Å²) in [6.07, 6.45) is 0. The van der Waals surface area contributed by atoms with Gasteiger partial charge in [-0.1, -0.05) is 30.3 Å². The van der Waals surface area contributed by atoms with E-state index in [2.05, 4.69) is 0 Å². The molecule has 1 amide bonds. The zero-order valence-electron chi connectivity index (χ0n) is 11.3. The molecule has 2 rings (SSSR count). The Morgan fingerprint density at radius 1 is 1.24 bits per heavy atom. The van der Waals surface area contributed by atoms with Gasteiger partial charge in [0.15, 0.2) is 0 Å². The van der Waals surface area contributed by atoms with E-state index in [0.717, 1.165) is 23.8 Å². The highest BCUT2D eigenvalue weighted by Gasteiger charge is 2.20. The highest BCUT2D eigenvalue weighted by molar-refractivity contribution is 5.94. The number of amides is 1. The standard InChI is InChI=1S/C15H13FN2O3/c1-17(10-11-5-3-2-4-6-11)15(19)13-9-12(18(20)21)7-8-14(13)16/h2-9H,10H2,1H3. The quantitative estimate of drug-likeness (QED) is 0.641. The molecular weight excluding hydrogens is 275 g/mol. The van der Waals surface area contributed by atoms with E-state index in [1.54, 1.807) is 0 Å². The third kappa shape index (κ3) is 3.42.